The standard InChI is InChI=1S/C18H17BN4O2/c1-11-15-5-7-22(12(2)24)17(15)6-8-21(11)18(25)16-9-14-4-3-13(19)10-23(14)20-16/h3-5,7,9-11H,6,8H2,1-2H3. The van der Waals surface area contributed by atoms with E-state index in [0.717, 1.165) is 16.8 Å². The lowest BCUT2D eigenvalue weighted by atomic mass is 9.99. The first-order valence-electron chi connectivity index (χ1n) is 8.22. The van der Waals surface area contributed by atoms with Crippen molar-refractivity contribution < 1.29 is 9.59 Å². The van der Waals surface area contributed by atoms with Gasteiger partial charge in [0.1, 0.15) is 7.85 Å². The lowest BCUT2D eigenvalue weighted by Gasteiger charge is -2.33. The summed E-state index contributed by atoms with van der Waals surface area (Å²) in [6, 6.07) is 7.21. The van der Waals surface area contributed by atoms with E-state index in [1.165, 1.54) is 0 Å². The summed E-state index contributed by atoms with van der Waals surface area (Å²) in [5, 5.41) is 4.36. The molecule has 1 aliphatic rings. The van der Waals surface area contributed by atoms with Crippen LogP contribution in [0, 0.1) is 0 Å². The van der Waals surface area contributed by atoms with Gasteiger partial charge >= 0.3 is 0 Å². The Bertz CT molecular complexity index is 1000. The van der Waals surface area contributed by atoms with Gasteiger partial charge in [0.05, 0.1) is 11.6 Å². The molecule has 7 heteroatoms. The maximum absolute atomic E-state index is 13.0. The highest BCUT2D eigenvalue weighted by Crippen LogP contribution is 2.31. The van der Waals surface area contributed by atoms with E-state index in [2.05, 4.69) is 5.10 Å². The Balaban J connectivity index is 1.66. The molecule has 0 aliphatic carbocycles. The largest absolute Gasteiger partial charge is 0.330 e. The predicted octanol–water partition coefficient (Wildman–Crippen LogP) is 1.35. The van der Waals surface area contributed by atoms with Crippen LogP contribution in [0.3, 0.4) is 0 Å². The van der Waals surface area contributed by atoms with E-state index in [1.807, 2.05) is 19.1 Å². The number of hydrogen-bond acceptors (Lipinski definition) is 3. The molecular formula is C18H17BN4O2. The third-order valence-electron chi connectivity index (χ3n) is 4.84. The van der Waals surface area contributed by atoms with Gasteiger partial charge in [-0.1, -0.05) is 11.5 Å². The van der Waals surface area contributed by atoms with Crippen LogP contribution in [0.15, 0.2) is 36.7 Å². The molecule has 3 aromatic heterocycles. The Hall–Kier alpha value is -2.83. The molecule has 0 bridgehead atoms. The molecule has 0 spiro atoms. The summed E-state index contributed by atoms with van der Waals surface area (Å²) in [6.45, 7) is 4.08. The fourth-order valence-electron chi connectivity index (χ4n) is 3.54. The Labute approximate surface area is 146 Å². The van der Waals surface area contributed by atoms with Crippen molar-refractivity contribution in [1.29, 1.82) is 0 Å². The molecule has 1 unspecified atom stereocenters. The van der Waals surface area contributed by atoms with Crippen molar-refractivity contribution in [3.05, 3.63) is 53.6 Å². The van der Waals surface area contributed by atoms with Crippen molar-refractivity contribution in [2.24, 2.45) is 0 Å². The van der Waals surface area contributed by atoms with Crippen LogP contribution in [0.25, 0.3) is 5.52 Å². The number of fused-ring (bicyclic) bond motifs is 2. The molecule has 2 radical (unpaired) electrons. The van der Waals surface area contributed by atoms with E-state index in [0.29, 0.717) is 24.1 Å². The molecule has 25 heavy (non-hydrogen) atoms. The fourth-order valence-corrected chi connectivity index (χ4v) is 3.54. The van der Waals surface area contributed by atoms with Gasteiger partial charge < -0.3 is 4.90 Å². The van der Waals surface area contributed by atoms with E-state index >= 15 is 0 Å². The summed E-state index contributed by atoms with van der Waals surface area (Å²) in [4.78, 5) is 26.5. The molecule has 1 atom stereocenters. The van der Waals surface area contributed by atoms with Gasteiger partial charge in [-0.2, -0.15) is 5.10 Å². The first-order chi connectivity index (χ1) is 12.0. The first kappa shape index (κ1) is 15.7. The van der Waals surface area contributed by atoms with Crippen LogP contribution in [-0.2, 0) is 6.42 Å². The van der Waals surface area contributed by atoms with Crippen molar-refractivity contribution >= 4 is 30.6 Å². The summed E-state index contributed by atoms with van der Waals surface area (Å²) < 4.78 is 3.29. The number of amides is 1. The summed E-state index contributed by atoms with van der Waals surface area (Å²) in [6.07, 6.45) is 4.13. The molecule has 6 nitrogen and oxygen atoms in total. The lowest BCUT2D eigenvalue weighted by Crippen LogP contribution is -2.39. The van der Waals surface area contributed by atoms with E-state index in [4.69, 9.17) is 7.85 Å². The molecule has 0 saturated carbocycles. The van der Waals surface area contributed by atoms with Crippen molar-refractivity contribution in [3.63, 3.8) is 0 Å². The van der Waals surface area contributed by atoms with Crippen molar-refractivity contribution in [2.45, 2.75) is 26.3 Å². The second-order valence-electron chi connectivity index (χ2n) is 6.39. The molecule has 124 valence electrons. The monoisotopic (exact) mass is 332 g/mol. The minimum Gasteiger partial charge on any atom is -0.330 e. The van der Waals surface area contributed by atoms with Gasteiger partial charge in [-0.3, -0.25) is 14.2 Å². The van der Waals surface area contributed by atoms with Crippen LogP contribution in [0.4, 0.5) is 0 Å². The van der Waals surface area contributed by atoms with Crippen LogP contribution in [-0.4, -0.2) is 45.3 Å². The Morgan fingerprint density at radius 3 is 2.84 bits per heavy atom. The highest BCUT2D eigenvalue weighted by atomic mass is 16.2. The van der Waals surface area contributed by atoms with Crippen molar-refractivity contribution in [1.82, 2.24) is 19.1 Å². The van der Waals surface area contributed by atoms with E-state index in [9.17, 15) is 9.59 Å². The van der Waals surface area contributed by atoms with E-state index in [-0.39, 0.29) is 17.9 Å². The quantitative estimate of drug-likeness (QED) is 0.632. The van der Waals surface area contributed by atoms with Gasteiger partial charge in [0, 0.05) is 38.0 Å². The molecule has 0 saturated heterocycles. The number of carbonyl (C=O) groups is 2. The average Bonchev–Trinajstić information content (AvgIpc) is 3.18. The lowest BCUT2D eigenvalue weighted by molar-refractivity contribution is 0.0669. The first-order valence-corrected chi connectivity index (χ1v) is 8.22. The number of carbonyl (C=O) groups excluding carboxylic acids is 2. The number of pyridine rings is 1. The third-order valence-corrected chi connectivity index (χ3v) is 4.84. The zero-order valence-electron chi connectivity index (χ0n) is 14.1. The normalized spacial score (nSPS) is 16.9. The number of nitrogens with zero attached hydrogens (tertiary/aromatic N) is 4. The van der Waals surface area contributed by atoms with Gasteiger partial charge in [-0.25, -0.2) is 4.52 Å². The van der Waals surface area contributed by atoms with Crippen LogP contribution in [0.5, 0.6) is 0 Å². The minimum atomic E-state index is -0.115. The van der Waals surface area contributed by atoms with Crippen molar-refractivity contribution in [2.75, 3.05) is 6.54 Å². The predicted molar refractivity (Wildman–Crippen MR) is 94.5 cm³/mol. The van der Waals surface area contributed by atoms with Crippen LogP contribution in [0.2, 0.25) is 0 Å². The van der Waals surface area contributed by atoms with Crippen LogP contribution in [0.1, 0.15) is 46.4 Å². The summed E-state index contributed by atoms with van der Waals surface area (Å²) >= 11 is 0. The summed E-state index contributed by atoms with van der Waals surface area (Å²) in [5.74, 6) is -0.123. The summed E-state index contributed by atoms with van der Waals surface area (Å²) in [5.41, 5.74) is 3.82. The Morgan fingerprint density at radius 1 is 1.28 bits per heavy atom. The van der Waals surface area contributed by atoms with E-state index < -0.39 is 0 Å². The molecule has 0 N–H and O–H groups in total. The minimum absolute atomic E-state index is 0.00818. The summed E-state index contributed by atoms with van der Waals surface area (Å²) in [7, 11) is 5.77. The van der Waals surface area contributed by atoms with Gasteiger partial charge in [0.15, 0.2) is 5.69 Å². The topological polar surface area (TPSA) is 59.6 Å². The number of aromatic nitrogens is 3. The molecule has 4 rings (SSSR count). The third kappa shape index (κ3) is 2.47. The van der Waals surface area contributed by atoms with Gasteiger partial charge in [-0.05, 0) is 30.7 Å². The Kier molecular flexibility index (Phi) is 3.52. The Morgan fingerprint density at radius 2 is 2.08 bits per heavy atom. The molecule has 0 fully saturated rings. The van der Waals surface area contributed by atoms with Gasteiger partial charge in [-0.15, -0.1) is 0 Å². The van der Waals surface area contributed by atoms with Crippen LogP contribution < -0.4 is 5.46 Å². The molecule has 1 aliphatic heterocycles. The zero-order chi connectivity index (χ0) is 17.7. The second-order valence-corrected chi connectivity index (χ2v) is 6.39. The number of rotatable bonds is 1. The zero-order valence-corrected chi connectivity index (χ0v) is 14.1. The molecule has 4 heterocycles. The molecule has 1 amide bonds. The molecule has 0 aromatic carbocycles. The maximum atomic E-state index is 13.0. The fraction of sp³-hybridized carbons (Fsp3) is 0.278. The highest BCUT2D eigenvalue weighted by Gasteiger charge is 2.31. The smallest absolute Gasteiger partial charge is 0.274 e. The maximum Gasteiger partial charge on any atom is 0.274 e. The van der Waals surface area contributed by atoms with Crippen LogP contribution >= 0.6 is 0 Å². The average molecular weight is 332 g/mol. The molecule has 3 aromatic rings. The van der Waals surface area contributed by atoms with Gasteiger partial charge in [0.25, 0.3) is 5.91 Å². The highest BCUT2D eigenvalue weighted by molar-refractivity contribution is 6.32. The second kappa shape index (κ2) is 5.62. The van der Waals surface area contributed by atoms with Crippen molar-refractivity contribution in [3.8, 4) is 0 Å². The number of hydrogen-bond donors (Lipinski definition) is 0. The SMILES string of the molecule is [B]c1ccc2cc(C(=O)N3CCc4c(ccn4C(C)=O)C3C)nn2c1. The molecular weight excluding hydrogens is 315 g/mol. The van der Waals surface area contributed by atoms with Gasteiger partial charge in [0.2, 0.25) is 5.91 Å². The van der Waals surface area contributed by atoms with E-state index in [1.54, 1.807) is 45.4 Å².